The SMILES string of the molecule is Cc1ccc2c(c1)C(=O)C(=O)N2CCCCOc1cc(C)c(Cl)c(C)c1. The molecule has 0 radical (unpaired) electrons. The average Bonchev–Trinajstić information content (AvgIpc) is 2.83. The zero-order chi connectivity index (χ0) is 18.8. The van der Waals surface area contributed by atoms with E-state index in [0.29, 0.717) is 18.7 Å². The number of ketones is 1. The van der Waals surface area contributed by atoms with E-state index in [9.17, 15) is 9.59 Å². The van der Waals surface area contributed by atoms with E-state index in [1.165, 1.54) is 0 Å². The van der Waals surface area contributed by atoms with Crippen LogP contribution in [0.15, 0.2) is 30.3 Å². The summed E-state index contributed by atoms with van der Waals surface area (Å²) >= 11 is 6.16. The van der Waals surface area contributed by atoms with Crippen LogP contribution in [0, 0.1) is 20.8 Å². The summed E-state index contributed by atoms with van der Waals surface area (Å²) in [5.74, 6) is -0.0415. The van der Waals surface area contributed by atoms with Crippen molar-refractivity contribution in [3.8, 4) is 5.75 Å². The molecule has 0 atom stereocenters. The Labute approximate surface area is 158 Å². The summed E-state index contributed by atoms with van der Waals surface area (Å²) in [6.45, 7) is 6.90. The number of nitrogens with zero attached hydrogens (tertiary/aromatic N) is 1. The third-order valence-corrected chi connectivity index (χ3v) is 5.18. The number of carbonyl (C=O) groups is 2. The van der Waals surface area contributed by atoms with Gasteiger partial charge in [0.15, 0.2) is 0 Å². The quantitative estimate of drug-likeness (QED) is 0.548. The van der Waals surface area contributed by atoms with Gasteiger partial charge < -0.3 is 9.64 Å². The lowest BCUT2D eigenvalue weighted by Gasteiger charge is -2.16. The van der Waals surface area contributed by atoms with Crippen LogP contribution in [0.5, 0.6) is 5.75 Å². The van der Waals surface area contributed by atoms with Crippen molar-refractivity contribution in [1.29, 1.82) is 0 Å². The third kappa shape index (κ3) is 3.61. The van der Waals surface area contributed by atoms with E-state index >= 15 is 0 Å². The molecule has 5 heteroatoms. The van der Waals surface area contributed by atoms with Crippen molar-refractivity contribution in [2.75, 3.05) is 18.1 Å². The predicted octanol–water partition coefficient (Wildman–Crippen LogP) is 4.65. The van der Waals surface area contributed by atoms with Gasteiger partial charge >= 0.3 is 0 Å². The van der Waals surface area contributed by atoms with Crippen LogP contribution in [0.4, 0.5) is 5.69 Å². The third-order valence-electron chi connectivity index (χ3n) is 4.58. The maximum atomic E-state index is 12.2. The van der Waals surface area contributed by atoms with Gasteiger partial charge in [0.1, 0.15) is 5.75 Å². The fourth-order valence-electron chi connectivity index (χ4n) is 3.19. The highest BCUT2D eigenvalue weighted by Crippen LogP contribution is 2.30. The molecule has 136 valence electrons. The fourth-order valence-corrected chi connectivity index (χ4v) is 3.30. The maximum absolute atomic E-state index is 12.2. The second-order valence-corrected chi connectivity index (χ2v) is 7.11. The molecule has 0 unspecified atom stereocenters. The fraction of sp³-hybridized carbons (Fsp3) is 0.333. The second kappa shape index (κ2) is 7.50. The molecule has 1 amide bonds. The molecular weight excluding hydrogens is 350 g/mol. The molecular formula is C21H22ClNO3. The van der Waals surface area contributed by atoms with Crippen LogP contribution < -0.4 is 9.64 Å². The molecule has 0 saturated heterocycles. The van der Waals surface area contributed by atoms with Gasteiger partial charge in [0.2, 0.25) is 0 Å². The Balaban J connectivity index is 1.53. The first-order chi connectivity index (χ1) is 12.4. The van der Waals surface area contributed by atoms with Crippen molar-refractivity contribution in [3.63, 3.8) is 0 Å². The van der Waals surface area contributed by atoms with Crippen LogP contribution in [0.2, 0.25) is 5.02 Å². The summed E-state index contributed by atoms with van der Waals surface area (Å²) in [4.78, 5) is 25.9. The van der Waals surface area contributed by atoms with Crippen LogP contribution in [-0.4, -0.2) is 24.8 Å². The van der Waals surface area contributed by atoms with Crippen LogP contribution in [0.3, 0.4) is 0 Å². The molecule has 0 fully saturated rings. The van der Waals surface area contributed by atoms with Gasteiger partial charge in [0, 0.05) is 11.6 Å². The van der Waals surface area contributed by atoms with Crippen molar-refractivity contribution >= 4 is 29.0 Å². The summed E-state index contributed by atoms with van der Waals surface area (Å²) in [6, 6.07) is 9.41. The molecule has 1 aliphatic heterocycles. The first kappa shape index (κ1) is 18.5. The Morgan fingerprint density at radius 1 is 1.00 bits per heavy atom. The number of amides is 1. The lowest BCUT2D eigenvalue weighted by molar-refractivity contribution is -0.114. The molecule has 4 nitrogen and oxygen atoms in total. The number of unbranched alkanes of at least 4 members (excludes halogenated alkanes) is 1. The zero-order valence-electron chi connectivity index (χ0n) is 15.3. The average molecular weight is 372 g/mol. The number of hydrogen-bond acceptors (Lipinski definition) is 3. The van der Waals surface area contributed by atoms with Crippen molar-refractivity contribution in [1.82, 2.24) is 0 Å². The van der Waals surface area contributed by atoms with E-state index in [-0.39, 0.29) is 0 Å². The highest BCUT2D eigenvalue weighted by atomic mass is 35.5. The van der Waals surface area contributed by atoms with Crippen molar-refractivity contribution in [2.45, 2.75) is 33.6 Å². The number of anilines is 1. The number of fused-ring (bicyclic) bond motifs is 1. The van der Waals surface area contributed by atoms with Crippen LogP contribution in [0.25, 0.3) is 0 Å². The van der Waals surface area contributed by atoms with Crippen LogP contribution in [-0.2, 0) is 4.79 Å². The Kier molecular flexibility index (Phi) is 5.33. The van der Waals surface area contributed by atoms with E-state index < -0.39 is 11.7 Å². The lowest BCUT2D eigenvalue weighted by atomic mass is 10.1. The Bertz CT molecular complexity index is 853. The monoisotopic (exact) mass is 371 g/mol. The molecule has 0 spiro atoms. The van der Waals surface area contributed by atoms with Crippen molar-refractivity contribution in [2.24, 2.45) is 0 Å². The number of hydrogen-bond donors (Lipinski definition) is 0. The van der Waals surface area contributed by atoms with Gasteiger partial charge in [-0.3, -0.25) is 9.59 Å². The molecule has 0 saturated carbocycles. The van der Waals surface area contributed by atoms with Gasteiger partial charge in [0.05, 0.1) is 17.9 Å². The van der Waals surface area contributed by atoms with Crippen molar-refractivity contribution in [3.05, 3.63) is 57.6 Å². The van der Waals surface area contributed by atoms with Crippen LogP contribution in [0.1, 0.15) is 39.9 Å². The highest BCUT2D eigenvalue weighted by Gasteiger charge is 2.35. The second-order valence-electron chi connectivity index (χ2n) is 6.73. The van der Waals surface area contributed by atoms with E-state index in [0.717, 1.165) is 46.0 Å². The molecule has 2 aromatic carbocycles. The number of rotatable bonds is 6. The normalized spacial score (nSPS) is 13.3. The summed E-state index contributed by atoms with van der Waals surface area (Å²) in [5.41, 5.74) is 4.20. The maximum Gasteiger partial charge on any atom is 0.299 e. The van der Waals surface area contributed by atoms with Gasteiger partial charge in [-0.2, -0.15) is 0 Å². The molecule has 3 rings (SSSR count). The molecule has 0 bridgehead atoms. The smallest absolute Gasteiger partial charge is 0.299 e. The number of Topliss-reactive ketones (excluding diaryl/α,β-unsaturated/α-hetero) is 1. The minimum Gasteiger partial charge on any atom is -0.494 e. The molecule has 0 N–H and O–H groups in total. The van der Waals surface area contributed by atoms with E-state index in [2.05, 4.69) is 0 Å². The number of benzene rings is 2. The summed E-state index contributed by atoms with van der Waals surface area (Å²) < 4.78 is 5.79. The standard InChI is InChI=1S/C21H22ClNO3/c1-13-6-7-18-17(10-13)20(24)21(25)23(18)8-4-5-9-26-16-11-14(2)19(22)15(3)12-16/h6-7,10-12H,4-5,8-9H2,1-3H3. The first-order valence-corrected chi connectivity index (χ1v) is 9.12. The zero-order valence-corrected chi connectivity index (χ0v) is 16.0. The highest BCUT2D eigenvalue weighted by molar-refractivity contribution is 6.52. The van der Waals surface area contributed by atoms with Gasteiger partial charge in [-0.15, -0.1) is 0 Å². The summed E-state index contributed by atoms with van der Waals surface area (Å²) in [5, 5.41) is 0.767. The van der Waals surface area contributed by atoms with Crippen molar-refractivity contribution < 1.29 is 14.3 Å². The Hall–Kier alpha value is -2.33. The predicted molar refractivity (Wildman–Crippen MR) is 104 cm³/mol. The summed E-state index contributed by atoms with van der Waals surface area (Å²) in [6.07, 6.45) is 1.55. The number of carbonyl (C=O) groups excluding carboxylic acids is 2. The first-order valence-electron chi connectivity index (χ1n) is 8.75. The van der Waals surface area contributed by atoms with E-state index in [4.69, 9.17) is 16.3 Å². The molecule has 0 aliphatic carbocycles. The summed E-state index contributed by atoms with van der Waals surface area (Å²) in [7, 11) is 0. The number of halogens is 1. The minimum atomic E-state index is -0.435. The van der Waals surface area contributed by atoms with Gasteiger partial charge in [-0.05, 0) is 69.0 Å². The van der Waals surface area contributed by atoms with E-state index in [1.807, 2.05) is 45.0 Å². The molecule has 2 aromatic rings. The molecule has 0 aromatic heterocycles. The minimum absolute atomic E-state index is 0.410. The van der Waals surface area contributed by atoms with Gasteiger partial charge in [-0.1, -0.05) is 23.2 Å². The molecule has 1 aliphatic rings. The number of ether oxygens (including phenoxy) is 1. The lowest BCUT2D eigenvalue weighted by Crippen LogP contribution is -2.30. The Morgan fingerprint density at radius 3 is 2.38 bits per heavy atom. The number of aryl methyl sites for hydroxylation is 3. The molecule has 26 heavy (non-hydrogen) atoms. The topological polar surface area (TPSA) is 46.6 Å². The van der Waals surface area contributed by atoms with Crippen LogP contribution >= 0.6 is 11.6 Å². The van der Waals surface area contributed by atoms with Gasteiger partial charge in [-0.25, -0.2) is 0 Å². The van der Waals surface area contributed by atoms with E-state index in [1.54, 1.807) is 11.0 Å². The Morgan fingerprint density at radius 2 is 1.69 bits per heavy atom. The molecule has 1 heterocycles. The van der Waals surface area contributed by atoms with Gasteiger partial charge in [0.25, 0.3) is 11.7 Å². The largest absolute Gasteiger partial charge is 0.494 e.